The second kappa shape index (κ2) is 14.5. The summed E-state index contributed by atoms with van der Waals surface area (Å²) in [5.74, 6) is -1.04. The van der Waals surface area contributed by atoms with Crippen LogP contribution in [0.5, 0.6) is 11.5 Å². The molecule has 17 heteroatoms. The molecule has 5 rings (SSSR count). The number of hydrogen-bond donors (Lipinski definition) is 3. The van der Waals surface area contributed by atoms with Crippen LogP contribution in [-0.4, -0.2) is 25.9 Å². The molecule has 0 unspecified atom stereocenters. The predicted octanol–water partition coefficient (Wildman–Crippen LogP) is -0.432. The number of rotatable bonds is 7. The summed E-state index contributed by atoms with van der Waals surface area (Å²) in [6, 6.07) is 22.1. The summed E-state index contributed by atoms with van der Waals surface area (Å²) in [5.41, 5.74) is 8.13. The number of fused-ring (bicyclic) bond motifs is 1. The van der Waals surface area contributed by atoms with E-state index in [1.165, 1.54) is 12.1 Å². The SMILES string of the molecule is Nc1c(N=Nc2ccc(-c3ccc(N=Nc4ccc([O-])cc4)cc3)cc2)c(S(=O)(=O)O)cc2cc(S(=O)(=O)O)cc([O-])c12.[Na+].[Na+]. The van der Waals surface area contributed by atoms with Crippen LogP contribution in [-0.2, 0) is 20.2 Å². The Kier molecular flexibility index (Phi) is 11.7. The van der Waals surface area contributed by atoms with Gasteiger partial charge in [-0.25, -0.2) is 0 Å². The predicted molar refractivity (Wildman–Crippen MR) is 154 cm³/mol. The van der Waals surface area contributed by atoms with Gasteiger partial charge in [-0.15, -0.1) is 10.9 Å². The quantitative estimate of drug-likeness (QED) is 0.0886. The van der Waals surface area contributed by atoms with Crippen molar-refractivity contribution in [1.29, 1.82) is 0 Å². The normalized spacial score (nSPS) is 11.9. The third kappa shape index (κ3) is 8.53. The van der Waals surface area contributed by atoms with Gasteiger partial charge < -0.3 is 15.9 Å². The third-order valence-electron chi connectivity index (χ3n) is 6.18. The number of hydrogen-bond acceptors (Lipinski definition) is 11. The second-order valence-corrected chi connectivity index (χ2v) is 11.9. The Morgan fingerprint density at radius 1 is 0.600 bits per heavy atom. The van der Waals surface area contributed by atoms with Crippen molar-refractivity contribution in [3.63, 3.8) is 0 Å². The smallest absolute Gasteiger partial charge is 0.872 e. The Balaban J connectivity index is 0.00000276. The van der Waals surface area contributed by atoms with Gasteiger partial charge in [0.1, 0.15) is 10.6 Å². The molecule has 0 saturated heterocycles. The van der Waals surface area contributed by atoms with Crippen molar-refractivity contribution >= 4 is 59.4 Å². The van der Waals surface area contributed by atoms with Gasteiger partial charge in [0.2, 0.25) is 0 Å². The van der Waals surface area contributed by atoms with Gasteiger partial charge in [-0.1, -0.05) is 42.1 Å². The Morgan fingerprint density at radius 2 is 1.04 bits per heavy atom. The summed E-state index contributed by atoms with van der Waals surface area (Å²) in [5, 5.41) is 39.4. The molecule has 13 nitrogen and oxygen atoms in total. The molecule has 45 heavy (non-hydrogen) atoms. The van der Waals surface area contributed by atoms with Crippen molar-refractivity contribution in [1.82, 2.24) is 0 Å². The van der Waals surface area contributed by atoms with Gasteiger partial charge in [0.05, 0.1) is 27.6 Å². The monoisotopic (exact) mass is 663 g/mol. The molecule has 0 bridgehead atoms. The molecule has 0 aliphatic heterocycles. The van der Waals surface area contributed by atoms with E-state index in [1.54, 1.807) is 48.5 Å². The van der Waals surface area contributed by atoms with E-state index in [0.29, 0.717) is 17.4 Å². The van der Waals surface area contributed by atoms with Crippen LogP contribution in [0.4, 0.5) is 28.4 Å². The van der Waals surface area contributed by atoms with Crippen molar-refractivity contribution in [2.75, 3.05) is 5.73 Å². The maximum Gasteiger partial charge on any atom is 1.00 e. The maximum absolute atomic E-state index is 12.6. The van der Waals surface area contributed by atoms with Crippen LogP contribution in [0.3, 0.4) is 0 Å². The Hall–Kier alpha value is -3.22. The number of nitrogens with two attached hydrogens (primary N) is 1. The summed E-state index contributed by atoms with van der Waals surface area (Å²) >= 11 is 0. The minimum atomic E-state index is -4.96. The largest absolute Gasteiger partial charge is 1.00 e. The van der Waals surface area contributed by atoms with Gasteiger partial charge in [-0.2, -0.15) is 32.2 Å². The molecule has 0 aromatic heterocycles. The number of anilines is 1. The van der Waals surface area contributed by atoms with Crippen LogP contribution in [0, 0.1) is 0 Å². The summed E-state index contributed by atoms with van der Waals surface area (Å²) in [7, 11) is -9.74. The average molecular weight is 664 g/mol. The molecule has 0 radical (unpaired) electrons. The minimum absolute atomic E-state index is 0. The van der Waals surface area contributed by atoms with Gasteiger partial charge in [0.25, 0.3) is 20.2 Å². The van der Waals surface area contributed by atoms with Crippen molar-refractivity contribution in [3.05, 3.63) is 91.0 Å². The minimum Gasteiger partial charge on any atom is -0.872 e. The van der Waals surface area contributed by atoms with Crippen molar-refractivity contribution < 1.29 is 95.3 Å². The van der Waals surface area contributed by atoms with Crippen LogP contribution >= 0.6 is 0 Å². The van der Waals surface area contributed by atoms with E-state index in [4.69, 9.17) is 5.73 Å². The van der Waals surface area contributed by atoms with Crippen LogP contribution < -0.4 is 75.1 Å². The molecule has 0 atom stereocenters. The Bertz CT molecular complexity index is 2140. The van der Waals surface area contributed by atoms with Crippen LogP contribution in [0.15, 0.2) is 121 Å². The van der Waals surface area contributed by atoms with Gasteiger partial charge in [0.15, 0.2) is 0 Å². The fraction of sp³-hybridized carbons (Fsp3) is 0. The van der Waals surface area contributed by atoms with E-state index >= 15 is 0 Å². The molecule has 5 aromatic carbocycles. The molecule has 0 fully saturated rings. The molecule has 4 N–H and O–H groups in total. The molecule has 0 heterocycles. The number of benzene rings is 5. The standard InChI is InChI=1S/C28H21N5O8S2.2Na/c29-27-26-18(13-23(15-24(26)35)42(36,37)38)14-25(43(39,40)41)28(27)33-32-20-7-3-17(4-8-20)16-1-5-19(6-2-16)30-31-21-9-11-22(34)12-10-21;;/h1-15,34-35H,29H2,(H,36,37,38)(H,39,40,41);;/q;2*+1/p-2. The molecular formula is C28H19N5Na2O8S2. The number of nitrogen functional groups attached to an aromatic ring is 1. The first-order valence-corrected chi connectivity index (χ1v) is 15.0. The fourth-order valence-corrected chi connectivity index (χ4v) is 5.30. The summed E-state index contributed by atoms with van der Waals surface area (Å²) < 4.78 is 66.3. The molecule has 0 spiro atoms. The Morgan fingerprint density at radius 3 is 1.49 bits per heavy atom. The van der Waals surface area contributed by atoms with E-state index in [9.17, 15) is 36.2 Å². The van der Waals surface area contributed by atoms with Crippen molar-refractivity contribution in [2.45, 2.75) is 9.79 Å². The first-order chi connectivity index (χ1) is 20.3. The zero-order valence-corrected chi connectivity index (χ0v) is 29.3. The molecule has 0 amide bonds. The van der Waals surface area contributed by atoms with Gasteiger partial charge >= 0.3 is 59.1 Å². The number of azo groups is 2. The van der Waals surface area contributed by atoms with Crippen LogP contribution in [0.1, 0.15) is 0 Å². The first kappa shape index (κ1) is 36.3. The first-order valence-electron chi connectivity index (χ1n) is 12.1. The molecule has 5 aromatic rings. The van der Waals surface area contributed by atoms with Crippen molar-refractivity contribution in [3.8, 4) is 22.6 Å². The summed E-state index contributed by atoms with van der Waals surface area (Å²) in [4.78, 5) is -1.59. The summed E-state index contributed by atoms with van der Waals surface area (Å²) in [6.45, 7) is 0. The van der Waals surface area contributed by atoms with Crippen LogP contribution in [0.25, 0.3) is 21.9 Å². The molecule has 0 aliphatic carbocycles. The van der Waals surface area contributed by atoms with E-state index < -0.39 is 47.2 Å². The van der Waals surface area contributed by atoms with E-state index in [0.717, 1.165) is 23.3 Å². The maximum atomic E-state index is 12.6. The zero-order chi connectivity index (χ0) is 30.9. The van der Waals surface area contributed by atoms with Crippen LogP contribution in [0.2, 0.25) is 0 Å². The second-order valence-electron chi connectivity index (χ2n) is 9.09. The van der Waals surface area contributed by atoms with Gasteiger partial charge in [-0.05, 0) is 76.5 Å². The van der Waals surface area contributed by atoms with E-state index in [2.05, 4.69) is 20.5 Å². The molecule has 0 aliphatic rings. The fourth-order valence-electron chi connectivity index (χ4n) is 4.10. The molecule has 0 saturated carbocycles. The van der Waals surface area contributed by atoms with Gasteiger partial charge in [0, 0.05) is 0 Å². The average Bonchev–Trinajstić information content (AvgIpc) is 2.95. The van der Waals surface area contributed by atoms with E-state index in [1.807, 2.05) is 12.1 Å². The third-order valence-corrected chi connectivity index (χ3v) is 7.88. The Labute approximate surface area is 301 Å². The summed E-state index contributed by atoms with van der Waals surface area (Å²) in [6.07, 6.45) is 0. The molecular weight excluding hydrogens is 644 g/mol. The molecule has 218 valence electrons. The topological polar surface area (TPSA) is 230 Å². The van der Waals surface area contributed by atoms with E-state index in [-0.39, 0.29) is 81.3 Å². The number of nitrogens with zero attached hydrogens (tertiary/aromatic N) is 4. The van der Waals surface area contributed by atoms with Crippen molar-refractivity contribution in [2.24, 2.45) is 20.5 Å². The van der Waals surface area contributed by atoms with Gasteiger partial charge in [-0.3, -0.25) is 9.11 Å². The zero-order valence-electron chi connectivity index (χ0n) is 23.7.